The predicted octanol–water partition coefficient (Wildman–Crippen LogP) is 3.39. The van der Waals surface area contributed by atoms with E-state index in [-0.39, 0.29) is 23.8 Å². The Bertz CT molecular complexity index is 1440. The average Bonchev–Trinajstić information content (AvgIpc) is 3.61. The van der Waals surface area contributed by atoms with Crippen molar-refractivity contribution in [1.82, 2.24) is 24.3 Å². The average molecular weight is 471 g/mol. The summed E-state index contributed by atoms with van der Waals surface area (Å²) in [4.78, 5) is 30.5. The largest absolute Gasteiger partial charge is 0.394 e. The number of benzene rings is 1. The van der Waals surface area contributed by atoms with Gasteiger partial charge in [0.2, 0.25) is 0 Å². The number of nitrogens with one attached hydrogen (secondary N) is 1. The van der Waals surface area contributed by atoms with E-state index < -0.39 is 5.91 Å². The molecular formula is C26H26N6O3. The van der Waals surface area contributed by atoms with Crippen LogP contribution in [0, 0.1) is 0 Å². The van der Waals surface area contributed by atoms with Crippen molar-refractivity contribution >= 4 is 11.6 Å². The number of nitrogens with zero attached hydrogens (tertiary/aromatic N) is 5. The molecule has 1 aliphatic rings. The van der Waals surface area contributed by atoms with Crippen LogP contribution in [0.1, 0.15) is 47.8 Å². The minimum absolute atomic E-state index is 0.0405. The molecule has 4 aromatic rings. The van der Waals surface area contributed by atoms with E-state index in [1.165, 1.54) is 17.4 Å². The van der Waals surface area contributed by atoms with Crippen LogP contribution >= 0.6 is 0 Å². The van der Waals surface area contributed by atoms with Crippen LogP contribution in [0.5, 0.6) is 0 Å². The van der Waals surface area contributed by atoms with Gasteiger partial charge in [-0.05, 0) is 44.0 Å². The van der Waals surface area contributed by atoms with Crippen LogP contribution in [0.2, 0.25) is 0 Å². The molecule has 178 valence electrons. The van der Waals surface area contributed by atoms with E-state index in [4.69, 9.17) is 0 Å². The minimum atomic E-state index is -0.502. The van der Waals surface area contributed by atoms with Crippen LogP contribution in [0.4, 0.5) is 5.69 Å². The van der Waals surface area contributed by atoms with Crippen LogP contribution < -0.4 is 10.9 Å². The topological polar surface area (TPSA) is 115 Å². The molecule has 5 rings (SSSR count). The van der Waals surface area contributed by atoms with Gasteiger partial charge in [-0.25, -0.2) is 0 Å². The Morgan fingerprint density at radius 1 is 1.17 bits per heavy atom. The molecule has 9 heteroatoms. The number of amides is 1. The molecule has 0 radical (unpaired) electrons. The number of carbonyl (C=O) groups is 1. The third-order valence-corrected chi connectivity index (χ3v) is 6.23. The summed E-state index contributed by atoms with van der Waals surface area (Å²) in [7, 11) is 1.63. The van der Waals surface area contributed by atoms with Crippen molar-refractivity contribution in [2.24, 2.45) is 7.05 Å². The SMILES string of the molecule is C[C@H](CO)n1cnnc1-c1cccc(NC(=O)c2cc(-c3ccc(C4CC4)nc3)cn(C)c2=O)c1. The standard InChI is InChI=1S/C26H26N6O3/c1-16(14-33)32-15-28-30-24(32)18-4-3-5-21(10-18)29-25(34)22-11-20(13-31(2)26(22)35)19-8-9-23(27-12-19)17-6-7-17/h3-5,8-13,15-17,33H,6-7,14H2,1-2H3,(H,29,34)/t16-/m1/s1. The molecule has 1 atom stereocenters. The van der Waals surface area contributed by atoms with Crippen molar-refractivity contribution < 1.29 is 9.90 Å². The summed E-state index contributed by atoms with van der Waals surface area (Å²) in [5, 5.41) is 20.4. The maximum Gasteiger partial charge on any atom is 0.263 e. The van der Waals surface area contributed by atoms with Gasteiger partial charge in [-0.15, -0.1) is 10.2 Å². The van der Waals surface area contributed by atoms with E-state index in [0.29, 0.717) is 17.4 Å². The monoisotopic (exact) mass is 470 g/mol. The lowest BCUT2D eigenvalue weighted by atomic mass is 10.1. The molecule has 3 heterocycles. The van der Waals surface area contributed by atoms with Gasteiger partial charge in [0.15, 0.2) is 5.82 Å². The fourth-order valence-corrected chi connectivity index (χ4v) is 4.02. The zero-order valence-electron chi connectivity index (χ0n) is 19.5. The smallest absolute Gasteiger partial charge is 0.263 e. The molecule has 0 aliphatic heterocycles. The van der Waals surface area contributed by atoms with Gasteiger partial charge in [-0.3, -0.25) is 14.6 Å². The molecule has 35 heavy (non-hydrogen) atoms. The van der Waals surface area contributed by atoms with Gasteiger partial charge in [0.25, 0.3) is 11.5 Å². The second kappa shape index (κ2) is 9.27. The fourth-order valence-electron chi connectivity index (χ4n) is 4.02. The van der Waals surface area contributed by atoms with Crippen LogP contribution in [0.25, 0.3) is 22.5 Å². The predicted molar refractivity (Wildman–Crippen MR) is 132 cm³/mol. The summed E-state index contributed by atoms with van der Waals surface area (Å²) < 4.78 is 3.18. The summed E-state index contributed by atoms with van der Waals surface area (Å²) >= 11 is 0. The van der Waals surface area contributed by atoms with Gasteiger partial charge in [0, 0.05) is 53.4 Å². The first kappa shape index (κ1) is 22.7. The first-order valence-corrected chi connectivity index (χ1v) is 11.5. The lowest BCUT2D eigenvalue weighted by Gasteiger charge is -2.13. The number of anilines is 1. The Morgan fingerprint density at radius 2 is 2.00 bits per heavy atom. The van der Waals surface area contributed by atoms with Crippen molar-refractivity contribution in [1.29, 1.82) is 0 Å². The normalized spacial score (nSPS) is 14.0. The minimum Gasteiger partial charge on any atom is -0.394 e. The third kappa shape index (κ3) is 4.63. The first-order valence-electron chi connectivity index (χ1n) is 11.5. The van der Waals surface area contributed by atoms with Crippen molar-refractivity contribution in [3.05, 3.63) is 82.8 Å². The quantitative estimate of drug-likeness (QED) is 0.428. The third-order valence-electron chi connectivity index (χ3n) is 6.23. The molecular weight excluding hydrogens is 444 g/mol. The molecule has 1 fully saturated rings. The van der Waals surface area contributed by atoms with Gasteiger partial charge in [0.05, 0.1) is 12.6 Å². The molecule has 9 nitrogen and oxygen atoms in total. The van der Waals surface area contributed by atoms with Crippen LogP contribution in [0.3, 0.4) is 0 Å². The number of hydrogen-bond acceptors (Lipinski definition) is 6. The van der Waals surface area contributed by atoms with E-state index in [1.54, 1.807) is 54.6 Å². The van der Waals surface area contributed by atoms with Crippen molar-refractivity contribution in [2.75, 3.05) is 11.9 Å². The lowest BCUT2D eigenvalue weighted by molar-refractivity contribution is 0.102. The Kier molecular flexibility index (Phi) is 6.00. The van der Waals surface area contributed by atoms with E-state index in [2.05, 4.69) is 20.5 Å². The second-order valence-corrected chi connectivity index (χ2v) is 8.93. The highest BCUT2D eigenvalue weighted by Crippen LogP contribution is 2.39. The van der Waals surface area contributed by atoms with Crippen molar-refractivity contribution in [3.63, 3.8) is 0 Å². The Balaban J connectivity index is 1.42. The summed E-state index contributed by atoms with van der Waals surface area (Å²) in [6.07, 6.45) is 7.42. The number of pyridine rings is 2. The molecule has 1 aromatic carbocycles. The number of aromatic nitrogens is 5. The van der Waals surface area contributed by atoms with E-state index in [9.17, 15) is 14.7 Å². The Hall–Kier alpha value is -4.11. The summed E-state index contributed by atoms with van der Waals surface area (Å²) in [6, 6.07) is 12.5. The second-order valence-electron chi connectivity index (χ2n) is 8.93. The summed E-state index contributed by atoms with van der Waals surface area (Å²) in [5.74, 6) is 0.627. The van der Waals surface area contributed by atoms with E-state index in [1.807, 2.05) is 25.1 Å². The molecule has 0 unspecified atom stereocenters. The number of aliphatic hydroxyl groups is 1. The lowest BCUT2D eigenvalue weighted by Crippen LogP contribution is -2.27. The molecule has 0 saturated heterocycles. The highest BCUT2D eigenvalue weighted by atomic mass is 16.3. The number of hydrogen-bond donors (Lipinski definition) is 2. The zero-order chi connectivity index (χ0) is 24.5. The van der Waals surface area contributed by atoms with Crippen LogP contribution in [-0.2, 0) is 7.05 Å². The molecule has 1 amide bonds. The van der Waals surface area contributed by atoms with Gasteiger partial charge in [-0.2, -0.15) is 0 Å². The van der Waals surface area contributed by atoms with Crippen LogP contribution in [0.15, 0.2) is 66.0 Å². The Morgan fingerprint density at radius 3 is 2.71 bits per heavy atom. The van der Waals surface area contributed by atoms with Crippen LogP contribution in [-0.4, -0.2) is 41.9 Å². The molecule has 1 aliphatic carbocycles. The number of rotatable bonds is 7. The van der Waals surface area contributed by atoms with Gasteiger partial charge < -0.3 is 19.6 Å². The first-order chi connectivity index (χ1) is 16.9. The zero-order valence-corrected chi connectivity index (χ0v) is 19.5. The highest BCUT2D eigenvalue weighted by molar-refractivity contribution is 6.04. The van der Waals surface area contributed by atoms with Gasteiger partial charge in [0.1, 0.15) is 11.9 Å². The van der Waals surface area contributed by atoms with Gasteiger partial charge in [-0.1, -0.05) is 18.2 Å². The highest BCUT2D eigenvalue weighted by Gasteiger charge is 2.24. The molecule has 2 N–H and O–H groups in total. The van der Waals surface area contributed by atoms with E-state index >= 15 is 0 Å². The van der Waals surface area contributed by atoms with E-state index in [0.717, 1.165) is 22.4 Å². The fraction of sp³-hybridized carbons (Fsp3) is 0.269. The molecule has 0 spiro atoms. The summed E-state index contributed by atoms with van der Waals surface area (Å²) in [6.45, 7) is 1.80. The Labute approximate surface area is 202 Å². The van der Waals surface area contributed by atoms with Gasteiger partial charge >= 0.3 is 0 Å². The number of aliphatic hydroxyl groups excluding tert-OH is 1. The maximum atomic E-state index is 13.1. The van der Waals surface area contributed by atoms with Crippen molar-refractivity contribution in [2.45, 2.75) is 31.7 Å². The number of aryl methyl sites for hydroxylation is 1. The molecule has 0 bridgehead atoms. The molecule has 3 aromatic heterocycles. The van der Waals surface area contributed by atoms with Crippen molar-refractivity contribution in [3.8, 4) is 22.5 Å². The summed E-state index contributed by atoms with van der Waals surface area (Å²) in [5.41, 5.74) is 3.57. The molecule has 1 saturated carbocycles. The maximum absolute atomic E-state index is 13.1. The number of carbonyl (C=O) groups excluding carboxylic acids is 1.